The first-order chi connectivity index (χ1) is 6.06. The summed E-state index contributed by atoms with van der Waals surface area (Å²) < 4.78 is 5.49. The summed E-state index contributed by atoms with van der Waals surface area (Å²) in [5.74, 6) is -0.918. The second-order valence-electron chi connectivity index (χ2n) is 2.42. The fraction of sp³-hybridized carbons (Fsp3) is 0.250. The molecule has 0 aromatic carbocycles. The second-order valence-corrected chi connectivity index (χ2v) is 3.27. The molecular weight excluding hydrogens is 238 g/mol. The molecule has 0 bridgehead atoms. The Morgan fingerprint density at radius 1 is 1.69 bits per heavy atom. The highest BCUT2D eigenvalue weighted by molar-refractivity contribution is 9.10. The van der Waals surface area contributed by atoms with Gasteiger partial charge in [0.1, 0.15) is 5.56 Å². The molecule has 0 saturated heterocycles. The van der Waals surface area contributed by atoms with E-state index < -0.39 is 5.97 Å². The number of ether oxygens (including phenoxy) is 1. The highest BCUT2D eigenvalue weighted by atomic mass is 79.9. The number of carboxylic acid groups (broad SMARTS) is 1. The van der Waals surface area contributed by atoms with Crippen LogP contribution >= 0.6 is 15.9 Å². The summed E-state index contributed by atoms with van der Waals surface area (Å²) in [5.41, 5.74) is 0.752. The third-order valence-electron chi connectivity index (χ3n) is 1.54. The molecule has 5 heteroatoms. The number of carboxylic acids is 1. The number of halogens is 1. The lowest BCUT2D eigenvalue weighted by atomic mass is 10.2. The minimum atomic E-state index is -1.05. The van der Waals surface area contributed by atoms with Crippen LogP contribution in [0.2, 0.25) is 0 Å². The molecule has 0 unspecified atom stereocenters. The van der Waals surface area contributed by atoms with Gasteiger partial charge >= 0.3 is 5.97 Å². The van der Waals surface area contributed by atoms with Crippen LogP contribution in [-0.2, 0) is 0 Å². The maximum atomic E-state index is 10.7. The molecule has 70 valence electrons. The van der Waals surface area contributed by atoms with Crippen LogP contribution in [-0.4, -0.2) is 23.2 Å². The SMILES string of the molecule is COc1nc(C)c(Br)cc1C(=O)O. The van der Waals surface area contributed by atoms with Gasteiger partial charge in [0.25, 0.3) is 0 Å². The molecule has 1 aromatic heterocycles. The highest BCUT2D eigenvalue weighted by Crippen LogP contribution is 2.22. The third-order valence-corrected chi connectivity index (χ3v) is 2.34. The average molecular weight is 246 g/mol. The summed E-state index contributed by atoms with van der Waals surface area (Å²) >= 11 is 3.20. The van der Waals surface area contributed by atoms with Crippen LogP contribution in [0.3, 0.4) is 0 Å². The molecule has 1 rings (SSSR count). The molecule has 0 aliphatic carbocycles. The summed E-state index contributed by atoms with van der Waals surface area (Å²) in [6.07, 6.45) is 0. The van der Waals surface area contributed by atoms with E-state index in [0.717, 1.165) is 0 Å². The molecular formula is C8H8BrNO3. The highest BCUT2D eigenvalue weighted by Gasteiger charge is 2.14. The van der Waals surface area contributed by atoms with Gasteiger partial charge in [-0.05, 0) is 28.9 Å². The first-order valence-corrected chi connectivity index (χ1v) is 4.30. The number of rotatable bonds is 2. The lowest BCUT2D eigenvalue weighted by molar-refractivity contribution is 0.0692. The molecule has 0 aliphatic heterocycles. The molecule has 0 aliphatic rings. The van der Waals surface area contributed by atoms with E-state index in [1.807, 2.05) is 0 Å². The Labute approximate surface area is 83.7 Å². The third kappa shape index (κ3) is 1.98. The van der Waals surface area contributed by atoms with E-state index in [0.29, 0.717) is 10.2 Å². The van der Waals surface area contributed by atoms with Crippen molar-refractivity contribution < 1.29 is 14.6 Å². The Morgan fingerprint density at radius 3 is 2.77 bits per heavy atom. The average Bonchev–Trinajstić information content (AvgIpc) is 2.08. The Hall–Kier alpha value is -1.10. The van der Waals surface area contributed by atoms with Gasteiger partial charge in [-0.3, -0.25) is 0 Å². The molecule has 0 fully saturated rings. The van der Waals surface area contributed by atoms with Gasteiger partial charge in [-0.1, -0.05) is 0 Å². The van der Waals surface area contributed by atoms with Crippen molar-refractivity contribution in [2.45, 2.75) is 6.92 Å². The van der Waals surface area contributed by atoms with Gasteiger partial charge < -0.3 is 9.84 Å². The monoisotopic (exact) mass is 245 g/mol. The van der Waals surface area contributed by atoms with Crippen molar-refractivity contribution in [3.8, 4) is 5.88 Å². The van der Waals surface area contributed by atoms with E-state index >= 15 is 0 Å². The number of aryl methyl sites for hydroxylation is 1. The molecule has 0 amide bonds. The van der Waals surface area contributed by atoms with Crippen molar-refractivity contribution in [2.75, 3.05) is 7.11 Å². The largest absolute Gasteiger partial charge is 0.480 e. The van der Waals surface area contributed by atoms with Gasteiger partial charge in [0.05, 0.1) is 12.8 Å². The van der Waals surface area contributed by atoms with E-state index in [2.05, 4.69) is 20.9 Å². The van der Waals surface area contributed by atoms with Crippen molar-refractivity contribution >= 4 is 21.9 Å². The van der Waals surface area contributed by atoms with Crippen molar-refractivity contribution in [3.63, 3.8) is 0 Å². The Kier molecular flexibility index (Phi) is 2.87. The number of aromatic nitrogens is 1. The van der Waals surface area contributed by atoms with Crippen LogP contribution in [0.15, 0.2) is 10.5 Å². The van der Waals surface area contributed by atoms with E-state index in [4.69, 9.17) is 9.84 Å². The minimum absolute atomic E-state index is 0.0555. The van der Waals surface area contributed by atoms with E-state index in [-0.39, 0.29) is 11.4 Å². The summed E-state index contributed by atoms with van der Waals surface area (Å²) in [7, 11) is 1.39. The van der Waals surface area contributed by atoms with Gasteiger partial charge in [0, 0.05) is 4.47 Å². The van der Waals surface area contributed by atoms with E-state index in [1.165, 1.54) is 13.2 Å². The quantitative estimate of drug-likeness (QED) is 0.865. The van der Waals surface area contributed by atoms with Crippen LogP contribution in [0, 0.1) is 6.92 Å². The standard InChI is InChI=1S/C8H8BrNO3/c1-4-6(9)3-5(8(11)12)7(10-4)13-2/h3H,1-2H3,(H,11,12). The molecule has 4 nitrogen and oxygen atoms in total. The zero-order chi connectivity index (χ0) is 10.0. The van der Waals surface area contributed by atoms with Gasteiger partial charge in [0.2, 0.25) is 5.88 Å². The molecule has 13 heavy (non-hydrogen) atoms. The zero-order valence-corrected chi connectivity index (χ0v) is 8.75. The molecule has 1 N–H and O–H groups in total. The normalized spacial score (nSPS) is 9.77. The number of hydrogen-bond acceptors (Lipinski definition) is 3. The van der Waals surface area contributed by atoms with Crippen LogP contribution in [0.25, 0.3) is 0 Å². The van der Waals surface area contributed by atoms with Crippen LogP contribution in [0.4, 0.5) is 0 Å². The van der Waals surface area contributed by atoms with E-state index in [1.54, 1.807) is 6.92 Å². The fourth-order valence-corrected chi connectivity index (χ4v) is 1.19. The molecule has 0 saturated carbocycles. The second kappa shape index (κ2) is 3.74. The number of hydrogen-bond donors (Lipinski definition) is 1. The van der Waals surface area contributed by atoms with E-state index in [9.17, 15) is 4.79 Å². The van der Waals surface area contributed by atoms with Crippen molar-refractivity contribution in [1.29, 1.82) is 0 Å². The van der Waals surface area contributed by atoms with Crippen molar-refractivity contribution in [1.82, 2.24) is 4.98 Å². The molecule has 0 atom stereocenters. The topological polar surface area (TPSA) is 59.4 Å². The van der Waals surface area contributed by atoms with Crippen LogP contribution in [0.5, 0.6) is 5.88 Å². The molecule has 1 aromatic rings. The Morgan fingerprint density at radius 2 is 2.31 bits per heavy atom. The lowest BCUT2D eigenvalue weighted by Crippen LogP contribution is -2.03. The van der Waals surface area contributed by atoms with Gasteiger partial charge in [-0.2, -0.15) is 0 Å². The van der Waals surface area contributed by atoms with Gasteiger partial charge in [-0.15, -0.1) is 0 Å². The maximum Gasteiger partial charge on any atom is 0.341 e. The number of pyridine rings is 1. The zero-order valence-electron chi connectivity index (χ0n) is 7.17. The smallest absolute Gasteiger partial charge is 0.341 e. The number of aromatic carboxylic acids is 1. The van der Waals surface area contributed by atoms with Gasteiger partial charge in [-0.25, -0.2) is 9.78 Å². The number of carbonyl (C=O) groups is 1. The summed E-state index contributed by atoms with van der Waals surface area (Å²) in [4.78, 5) is 14.7. The fourth-order valence-electron chi connectivity index (χ4n) is 0.868. The van der Waals surface area contributed by atoms with Crippen LogP contribution in [0.1, 0.15) is 16.1 Å². The summed E-state index contributed by atoms with van der Waals surface area (Å²) in [6, 6.07) is 1.48. The predicted molar refractivity (Wildman–Crippen MR) is 50.2 cm³/mol. The minimum Gasteiger partial charge on any atom is -0.480 e. The number of nitrogens with zero attached hydrogens (tertiary/aromatic N) is 1. The first kappa shape index (κ1) is 9.98. The van der Waals surface area contributed by atoms with Crippen molar-refractivity contribution in [2.24, 2.45) is 0 Å². The lowest BCUT2D eigenvalue weighted by Gasteiger charge is -2.05. The maximum absolute atomic E-state index is 10.7. The molecule has 0 radical (unpaired) electrons. The molecule has 0 spiro atoms. The van der Waals surface area contributed by atoms with Crippen LogP contribution < -0.4 is 4.74 Å². The molecule has 1 heterocycles. The van der Waals surface area contributed by atoms with Gasteiger partial charge in [0.15, 0.2) is 0 Å². The summed E-state index contributed by atoms with van der Waals surface area (Å²) in [6.45, 7) is 1.76. The first-order valence-electron chi connectivity index (χ1n) is 3.50. The Bertz CT molecular complexity index is 351. The number of methoxy groups -OCH3 is 1. The van der Waals surface area contributed by atoms with Crippen molar-refractivity contribution in [3.05, 3.63) is 21.8 Å². The predicted octanol–water partition coefficient (Wildman–Crippen LogP) is 1.86. The summed E-state index contributed by atoms with van der Waals surface area (Å²) in [5, 5.41) is 8.77. The Balaban J connectivity index is 3.33.